The maximum atomic E-state index is 12.9. The number of pyridine rings is 1. The minimum Gasteiger partial charge on any atom is -0.394 e. The summed E-state index contributed by atoms with van der Waals surface area (Å²) in [6.07, 6.45) is 7.64. The average molecular weight is 497 g/mol. The number of aromatic nitrogens is 1. The molecule has 3 atom stereocenters. The van der Waals surface area contributed by atoms with Crippen molar-refractivity contribution in [3.05, 3.63) is 46.1 Å². The Bertz CT molecular complexity index is 1170. The highest BCUT2D eigenvalue weighted by Gasteiger charge is 2.45. The lowest BCUT2D eigenvalue weighted by molar-refractivity contribution is 0.144. The Labute approximate surface area is 207 Å². The summed E-state index contributed by atoms with van der Waals surface area (Å²) >= 11 is 6.11. The lowest BCUT2D eigenvalue weighted by Gasteiger charge is -2.43. The van der Waals surface area contributed by atoms with E-state index in [4.69, 9.17) is 16.6 Å². The van der Waals surface area contributed by atoms with Gasteiger partial charge in [-0.25, -0.2) is 4.98 Å². The van der Waals surface area contributed by atoms with Gasteiger partial charge in [0.05, 0.1) is 39.2 Å². The number of anilines is 2. The standard InChI is InChI=1S/C26H29ClN4O2S/c27-18-4-2-16(3-5-18)17-12-19-6-7-20(13-17)31(19)25-21(14-28)23(30-26(15-32)9-1-10-26)24-22(29-25)8-11-34(24)33/h2-5,17,19-20,32H,1,6-13,15H2,(H,29,30)/t17?,19?,20?,34-/m1/s1. The molecule has 1 aromatic heterocycles. The number of rotatable bonds is 5. The Morgan fingerprint density at radius 3 is 2.53 bits per heavy atom. The molecule has 0 radical (unpaired) electrons. The topological polar surface area (TPSA) is 89.2 Å². The van der Waals surface area contributed by atoms with Gasteiger partial charge < -0.3 is 15.3 Å². The van der Waals surface area contributed by atoms with Crippen LogP contribution in [0.2, 0.25) is 5.02 Å². The summed E-state index contributed by atoms with van der Waals surface area (Å²) in [5.41, 5.74) is 2.91. The highest BCUT2D eigenvalue weighted by Crippen LogP contribution is 2.48. The first-order valence-electron chi connectivity index (χ1n) is 12.3. The maximum absolute atomic E-state index is 12.9. The monoisotopic (exact) mass is 496 g/mol. The Kier molecular flexibility index (Phi) is 5.59. The van der Waals surface area contributed by atoms with E-state index in [2.05, 4.69) is 28.4 Å². The van der Waals surface area contributed by atoms with Gasteiger partial charge in [-0.15, -0.1) is 0 Å². The second kappa shape index (κ2) is 8.51. The molecule has 2 saturated heterocycles. The lowest BCUT2D eigenvalue weighted by Crippen LogP contribution is -2.49. The molecule has 3 aliphatic heterocycles. The van der Waals surface area contributed by atoms with Crippen LogP contribution in [0.1, 0.15) is 67.7 Å². The van der Waals surface area contributed by atoms with Crippen LogP contribution < -0.4 is 10.2 Å². The summed E-state index contributed by atoms with van der Waals surface area (Å²) < 4.78 is 12.9. The lowest BCUT2D eigenvalue weighted by atomic mass is 9.77. The summed E-state index contributed by atoms with van der Waals surface area (Å²) in [7, 11) is -1.17. The van der Waals surface area contributed by atoms with Gasteiger partial charge in [-0.1, -0.05) is 23.7 Å². The first kappa shape index (κ1) is 22.3. The summed E-state index contributed by atoms with van der Waals surface area (Å²) in [5.74, 6) is 1.77. The second-order valence-corrected chi connectivity index (χ2v) is 12.2. The number of halogens is 1. The van der Waals surface area contributed by atoms with E-state index in [0.717, 1.165) is 61.5 Å². The fraction of sp³-hybridized carbons (Fsp3) is 0.538. The Morgan fingerprint density at radius 1 is 1.24 bits per heavy atom. The van der Waals surface area contributed by atoms with Crippen LogP contribution in [0.4, 0.5) is 11.5 Å². The zero-order valence-corrected chi connectivity index (χ0v) is 20.7. The molecular weight excluding hydrogens is 468 g/mol. The van der Waals surface area contributed by atoms with E-state index in [1.807, 2.05) is 12.1 Å². The van der Waals surface area contributed by atoms with Crippen LogP contribution in [-0.4, -0.2) is 44.3 Å². The summed E-state index contributed by atoms with van der Waals surface area (Å²) in [5, 5.41) is 24.7. The van der Waals surface area contributed by atoms with Crippen LogP contribution in [0.25, 0.3) is 0 Å². The number of fused-ring (bicyclic) bond motifs is 3. The molecule has 34 heavy (non-hydrogen) atoms. The van der Waals surface area contributed by atoms with Crippen molar-refractivity contribution in [1.82, 2.24) is 4.98 Å². The van der Waals surface area contributed by atoms with Gasteiger partial charge in [-0.3, -0.25) is 4.21 Å². The van der Waals surface area contributed by atoms with Crippen LogP contribution >= 0.6 is 11.6 Å². The van der Waals surface area contributed by atoms with Crippen molar-refractivity contribution in [1.29, 1.82) is 5.26 Å². The van der Waals surface area contributed by atoms with Gasteiger partial charge in [-0.05, 0) is 68.6 Å². The SMILES string of the molecule is N#Cc1c(N2C3CCC2CC(c2ccc(Cl)cc2)C3)nc2c(c1NC1(CO)CCC1)[S@](=O)CC2. The molecule has 6 nitrogen and oxygen atoms in total. The van der Waals surface area contributed by atoms with Gasteiger partial charge in [0, 0.05) is 29.3 Å². The molecular formula is C26H29ClN4O2S. The van der Waals surface area contributed by atoms with Crippen molar-refractivity contribution in [2.24, 2.45) is 0 Å². The molecule has 0 amide bonds. The third kappa shape index (κ3) is 3.54. The van der Waals surface area contributed by atoms with E-state index in [9.17, 15) is 14.6 Å². The van der Waals surface area contributed by atoms with Crippen LogP contribution in [0.15, 0.2) is 29.2 Å². The number of hydrogen-bond acceptors (Lipinski definition) is 6. The van der Waals surface area contributed by atoms with Crippen molar-refractivity contribution in [3.63, 3.8) is 0 Å². The summed E-state index contributed by atoms with van der Waals surface area (Å²) in [6, 6.07) is 11.3. The number of nitrogens with zero attached hydrogens (tertiary/aromatic N) is 3. The fourth-order valence-electron chi connectivity index (χ4n) is 6.44. The fourth-order valence-corrected chi connectivity index (χ4v) is 7.94. The zero-order chi connectivity index (χ0) is 23.4. The smallest absolute Gasteiger partial charge is 0.149 e. The molecule has 178 valence electrons. The minimum absolute atomic E-state index is 0.00860. The molecule has 3 fully saturated rings. The molecule has 2 N–H and O–H groups in total. The zero-order valence-electron chi connectivity index (χ0n) is 19.1. The number of nitrogens with one attached hydrogen (secondary N) is 1. The van der Waals surface area contributed by atoms with Crippen LogP contribution in [0.5, 0.6) is 0 Å². The van der Waals surface area contributed by atoms with Crippen LogP contribution in [0, 0.1) is 11.3 Å². The molecule has 4 heterocycles. The molecule has 2 bridgehead atoms. The van der Waals surface area contributed by atoms with Gasteiger partial charge in [0.15, 0.2) is 0 Å². The third-order valence-electron chi connectivity index (χ3n) is 8.39. The highest BCUT2D eigenvalue weighted by atomic mass is 35.5. The summed E-state index contributed by atoms with van der Waals surface area (Å²) in [6.45, 7) is 0.00860. The molecule has 6 rings (SSSR count). The van der Waals surface area contributed by atoms with Gasteiger partial charge in [0.25, 0.3) is 0 Å². The Morgan fingerprint density at radius 2 is 1.94 bits per heavy atom. The Hall–Kier alpha value is -2.14. The van der Waals surface area contributed by atoms with Crippen LogP contribution in [0.3, 0.4) is 0 Å². The molecule has 4 aliphatic rings. The molecule has 1 aliphatic carbocycles. The van der Waals surface area contributed by atoms with Crippen molar-refractivity contribution in [2.45, 2.75) is 79.8 Å². The Balaban J connectivity index is 1.39. The molecule has 0 spiro atoms. The van der Waals surface area contributed by atoms with Gasteiger partial charge in [-0.2, -0.15) is 5.26 Å². The van der Waals surface area contributed by atoms with Crippen LogP contribution in [-0.2, 0) is 17.2 Å². The largest absolute Gasteiger partial charge is 0.394 e. The van der Waals surface area contributed by atoms with E-state index in [0.29, 0.717) is 46.3 Å². The predicted molar refractivity (Wildman–Crippen MR) is 134 cm³/mol. The number of aliphatic hydroxyl groups excluding tert-OH is 1. The number of benzene rings is 1. The van der Waals surface area contributed by atoms with E-state index < -0.39 is 16.3 Å². The van der Waals surface area contributed by atoms with Gasteiger partial charge in [0.1, 0.15) is 17.5 Å². The summed E-state index contributed by atoms with van der Waals surface area (Å²) in [4.78, 5) is 8.08. The van der Waals surface area contributed by atoms with E-state index >= 15 is 0 Å². The highest BCUT2D eigenvalue weighted by molar-refractivity contribution is 7.85. The van der Waals surface area contributed by atoms with Crippen molar-refractivity contribution >= 4 is 33.9 Å². The number of nitriles is 1. The van der Waals surface area contributed by atoms with Crippen molar-refractivity contribution < 1.29 is 9.32 Å². The number of piperidine rings is 1. The van der Waals surface area contributed by atoms with E-state index in [1.165, 1.54) is 5.56 Å². The third-order valence-corrected chi connectivity index (χ3v) is 10.1. The molecule has 1 saturated carbocycles. The quantitative estimate of drug-likeness (QED) is 0.633. The first-order chi connectivity index (χ1) is 16.5. The molecule has 8 heteroatoms. The molecule has 2 unspecified atom stereocenters. The molecule has 1 aromatic carbocycles. The number of aryl methyl sites for hydroxylation is 1. The van der Waals surface area contributed by atoms with Gasteiger partial charge in [0.2, 0.25) is 0 Å². The minimum atomic E-state index is -1.17. The number of aliphatic hydroxyl groups is 1. The average Bonchev–Trinajstić information content (AvgIpc) is 3.31. The number of hydrogen-bond donors (Lipinski definition) is 2. The second-order valence-electron chi connectivity index (χ2n) is 10.3. The van der Waals surface area contributed by atoms with Gasteiger partial charge >= 0.3 is 0 Å². The normalized spacial score (nSPS) is 28.8. The van der Waals surface area contributed by atoms with E-state index in [-0.39, 0.29) is 6.61 Å². The van der Waals surface area contributed by atoms with Crippen molar-refractivity contribution in [3.8, 4) is 6.07 Å². The maximum Gasteiger partial charge on any atom is 0.149 e. The first-order valence-corrected chi connectivity index (χ1v) is 14.0. The van der Waals surface area contributed by atoms with E-state index in [1.54, 1.807) is 0 Å². The molecule has 2 aromatic rings. The van der Waals surface area contributed by atoms with Crippen molar-refractivity contribution in [2.75, 3.05) is 22.6 Å². The predicted octanol–water partition coefficient (Wildman–Crippen LogP) is 4.51.